The van der Waals surface area contributed by atoms with Gasteiger partial charge in [-0.15, -0.1) is 0 Å². The van der Waals surface area contributed by atoms with Crippen LogP contribution >= 0.6 is 0 Å². The van der Waals surface area contributed by atoms with Crippen molar-refractivity contribution in [1.29, 1.82) is 0 Å². The molecule has 1 amide bonds. The molecule has 5 heteroatoms. The molecule has 0 N–H and O–H groups in total. The van der Waals surface area contributed by atoms with E-state index >= 15 is 0 Å². The highest BCUT2D eigenvalue weighted by atomic mass is 16.5. The second-order valence-electron chi connectivity index (χ2n) is 5.12. The molecular formula is C16H24N2O3. The molecule has 116 valence electrons. The van der Waals surface area contributed by atoms with Crippen molar-refractivity contribution in [3.63, 3.8) is 0 Å². The monoisotopic (exact) mass is 292 g/mol. The number of ether oxygens (including phenoxy) is 1. The van der Waals surface area contributed by atoms with Gasteiger partial charge in [-0.2, -0.15) is 0 Å². The lowest BCUT2D eigenvalue weighted by Crippen LogP contribution is -2.38. The Morgan fingerprint density at radius 1 is 1.29 bits per heavy atom. The van der Waals surface area contributed by atoms with Crippen molar-refractivity contribution in [1.82, 2.24) is 9.88 Å². The molecule has 1 atom stereocenters. The van der Waals surface area contributed by atoms with Crippen LogP contribution in [0, 0.1) is 5.92 Å². The van der Waals surface area contributed by atoms with Crippen LogP contribution in [-0.2, 0) is 9.53 Å². The summed E-state index contributed by atoms with van der Waals surface area (Å²) in [6.07, 6.45) is 6.28. The summed E-state index contributed by atoms with van der Waals surface area (Å²) in [7, 11) is 1.37. The predicted molar refractivity (Wildman–Crippen MR) is 80.8 cm³/mol. The first kappa shape index (κ1) is 17.1. The number of hydrogen-bond donors (Lipinski definition) is 0. The normalized spacial score (nSPS) is 11.8. The van der Waals surface area contributed by atoms with Crippen molar-refractivity contribution in [2.24, 2.45) is 5.92 Å². The Morgan fingerprint density at radius 2 is 1.95 bits per heavy atom. The van der Waals surface area contributed by atoms with Gasteiger partial charge in [-0.1, -0.05) is 26.7 Å². The maximum absolute atomic E-state index is 12.5. The molecule has 0 fully saturated rings. The van der Waals surface area contributed by atoms with Crippen molar-refractivity contribution in [2.75, 3.05) is 20.2 Å². The van der Waals surface area contributed by atoms with E-state index in [0.29, 0.717) is 18.7 Å². The Labute approximate surface area is 126 Å². The molecule has 0 aliphatic rings. The summed E-state index contributed by atoms with van der Waals surface area (Å²) in [6.45, 7) is 4.92. The SMILES string of the molecule is CCCCCN(CC(C)C(=O)OC)C(=O)c1ccncc1. The van der Waals surface area contributed by atoms with Crippen LogP contribution in [0.25, 0.3) is 0 Å². The number of carbonyl (C=O) groups excluding carboxylic acids is 2. The van der Waals surface area contributed by atoms with Gasteiger partial charge in [-0.25, -0.2) is 0 Å². The highest BCUT2D eigenvalue weighted by Crippen LogP contribution is 2.10. The number of unbranched alkanes of at least 4 members (excludes halogenated alkanes) is 2. The fourth-order valence-corrected chi connectivity index (χ4v) is 2.11. The summed E-state index contributed by atoms with van der Waals surface area (Å²) in [5.74, 6) is -0.690. The largest absolute Gasteiger partial charge is 0.469 e. The Balaban J connectivity index is 2.76. The first-order chi connectivity index (χ1) is 10.1. The van der Waals surface area contributed by atoms with Crippen molar-refractivity contribution in [3.8, 4) is 0 Å². The quantitative estimate of drug-likeness (QED) is 0.545. The predicted octanol–water partition coefficient (Wildman–Crippen LogP) is 2.52. The number of rotatable bonds is 8. The van der Waals surface area contributed by atoms with E-state index in [1.807, 2.05) is 0 Å². The molecule has 1 rings (SSSR count). The number of methoxy groups -OCH3 is 1. The molecular weight excluding hydrogens is 268 g/mol. The van der Waals surface area contributed by atoms with Gasteiger partial charge in [0.15, 0.2) is 0 Å². The summed E-state index contributed by atoms with van der Waals surface area (Å²) in [5.41, 5.74) is 0.596. The number of hydrogen-bond acceptors (Lipinski definition) is 4. The third kappa shape index (κ3) is 5.53. The molecule has 0 saturated heterocycles. The number of aromatic nitrogens is 1. The van der Waals surface area contributed by atoms with Crippen LogP contribution in [0.2, 0.25) is 0 Å². The average molecular weight is 292 g/mol. The lowest BCUT2D eigenvalue weighted by atomic mass is 10.1. The van der Waals surface area contributed by atoms with Crippen LogP contribution in [0.4, 0.5) is 0 Å². The fourth-order valence-electron chi connectivity index (χ4n) is 2.11. The van der Waals surface area contributed by atoms with E-state index in [1.165, 1.54) is 7.11 Å². The van der Waals surface area contributed by atoms with E-state index in [4.69, 9.17) is 4.74 Å². The van der Waals surface area contributed by atoms with Crippen molar-refractivity contribution in [2.45, 2.75) is 33.1 Å². The molecule has 0 aliphatic heterocycles. The zero-order chi connectivity index (χ0) is 15.7. The first-order valence-electron chi connectivity index (χ1n) is 7.37. The molecule has 0 saturated carbocycles. The molecule has 21 heavy (non-hydrogen) atoms. The van der Waals surface area contributed by atoms with Gasteiger partial charge in [0.2, 0.25) is 0 Å². The molecule has 1 heterocycles. The lowest BCUT2D eigenvalue weighted by molar-refractivity contribution is -0.145. The summed E-state index contributed by atoms with van der Waals surface area (Å²) < 4.78 is 4.74. The average Bonchev–Trinajstić information content (AvgIpc) is 2.53. The zero-order valence-corrected chi connectivity index (χ0v) is 13.0. The summed E-state index contributed by atoms with van der Waals surface area (Å²) in [5, 5.41) is 0. The van der Waals surface area contributed by atoms with Crippen molar-refractivity contribution >= 4 is 11.9 Å². The number of amides is 1. The van der Waals surface area contributed by atoms with Gasteiger partial charge in [-0.3, -0.25) is 14.6 Å². The summed E-state index contributed by atoms with van der Waals surface area (Å²) in [4.78, 5) is 29.7. The van der Waals surface area contributed by atoms with Gasteiger partial charge >= 0.3 is 5.97 Å². The molecule has 1 aromatic heterocycles. The van der Waals surface area contributed by atoms with Gasteiger partial charge in [0.05, 0.1) is 13.0 Å². The Hall–Kier alpha value is -1.91. The van der Waals surface area contributed by atoms with E-state index in [1.54, 1.807) is 36.4 Å². The van der Waals surface area contributed by atoms with Crippen LogP contribution in [0.15, 0.2) is 24.5 Å². The highest BCUT2D eigenvalue weighted by Gasteiger charge is 2.22. The van der Waals surface area contributed by atoms with E-state index in [0.717, 1.165) is 19.3 Å². The minimum Gasteiger partial charge on any atom is -0.469 e. The number of pyridine rings is 1. The van der Waals surface area contributed by atoms with Crippen molar-refractivity contribution in [3.05, 3.63) is 30.1 Å². The van der Waals surface area contributed by atoms with E-state index in [9.17, 15) is 9.59 Å². The molecule has 0 spiro atoms. The second kappa shape index (κ2) is 9.10. The summed E-state index contributed by atoms with van der Waals surface area (Å²) in [6, 6.07) is 3.38. The van der Waals surface area contributed by atoms with E-state index in [2.05, 4.69) is 11.9 Å². The van der Waals surface area contributed by atoms with Gasteiger partial charge in [0.1, 0.15) is 0 Å². The maximum atomic E-state index is 12.5. The van der Waals surface area contributed by atoms with Crippen LogP contribution < -0.4 is 0 Å². The van der Waals surface area contributed by atoms with Crippen molar-refractivity contribution < 1.29 is 14.3 Å². The van der Waals surface area contributed by atoms with Crippen LogP contribution in [0.1, 0.15) is 43.5 Å². The van der Waals surface area contributed by atoms with E-state index < -0.39 is 0 Å². The molecule has 1 unspecified atom stereocenters. The fraction of sp³-hybridized carbons (Fsp3) is 0.562. The lowest BCUT2D eigenvalue weighted by Gasteiger charge is -2.25. The van der Waals surface area contributed by atoms with Gasteiger partial charge in [0, 0.05) is 31.0 Å². The number of esters is 1. The van der Waals surface area contributed by atoms with Gasteiger partial charge in [-0.05, 0) is 18.6 Å². The maximum Gasteiger partial charge on any atom is 0.310 e. The third-order valence-corrected chi connectivity index (χ3v) is 3.34. The molecule has 0 aliphatic carbocycles. The minimum absolute atomic E-state index is 0.0655. The van der Waals surface area contributed by atoms with Gasteiger partial charge in [0.25, 0.3) is 5.91 Å². The standard InChI is InChI=1S/C16H24N2O3/c1-4-5-6-11-18(12-13(2)16(20)21-3)15(19)14-7-9-17-10-8-14/h7-10,13H,4-6,11-12H2,1-3H3. The Kier molecular flexibility index (Phi) is 7.43. The van der Waals surface area contributed by atoms with Crippen LogP contribution in [0.3, 0.4) is 0 Å². The molecule has 0 radical (unpaired) electrons. The second-order valence-corrected chi connectivity index (χ2v) is 5.12. The Morgan fingerprint density at radius 3 is 2.52 bits per heavy atom. The third-order valence-electron chi connectivity index (χ3n) is 3.34. The molecule has 0 bridgehead atoms. The van der Waals surface area contributed by atoms with Gasteiger partial charge < -0.3 is 9.64 Å². The zero-order valence-electron chi connectivity index (χ0n) is 13.0. The topological polar surface area (TPSA) is 59.5 Å². The molecule has 0 aromatic carbocycles. The number of nitrogens with zero attached hydrogens (tertiary/aromatic N) is 2. The number of carbonyl (C=O) groups is 2. The summed E-state index contributed by atoms with van der Waals surface area (Å²) >= 11 is 0. The van der Waals surface area contributed by atoms with E-state index in [-0.39, 0.29) is 17.8 Å². The van der Waals surface area contributed by atoms with Crippen LogP contribution in [0.5, 0.6) is 0 Å². The molecule has 5 nitrogen and oxygen atoms in total. The first-order valence-corrected chi connectivity index (χ1v) is 7.37. The minimum atomic E-state index is -0.331. The van der Waals surface area contributed by atoms with Crippen LogP contribution in [-0.4, -0.2) is 42.0 Å². The smallest absolute Gasteiger partial charge is 0.310 e. The molecule has 1 aromatic rings. The highest BCUT2D eigenvalue weighted by molar-refractivity contribution is 5.94. The Bertz CT molecular complexity index is 448.